The molecule has 0 unspecified atom stereocenters. The molecule has 23 heavy (non-hydrogen) atoms. The first-order valence-electron chi connectivity index (χ1n) is 8.37. The number of hydrogen-bond donors (Lipinski definition) is 0. The number of nitrogens with zero attached hydrogens (tertiary/aromatic N) is 6. The Labute approximate surface area is 135 Å². The summed E-state index contributed by atoms with van der Waals surface area (Å²) in [5.74, 6) is 0.800. The van der Waals surface area contributed by atoms with Gasteiger partial charge in [-0.1, -0.05) is 5.21 Å². The Bertz CT molecular complexity index is 701. The van der Waals surface area contributed by atoms with Crippen LogP contribution in [0.4, 0.5) is 0 Å². The number of hydrogen-bond acceptors (Lipinski definition) is 4. The molecular formula is C16H22N6O. The fourth-order valence-electron chi connectivity index (χ4n) is 3.37. The van der Waals surface area contributed by atoms with Gasteiger partial charge in [0.1, 0.15) is 0 Å². The third kappa shape index (κ3) is 3.00. The maximum Gasteiger partial charge on any atom is 0.228 e. The molecule has 2 aliphatic rings. The van der Waals surface area contributed by atoms with Gasteiger partial charge >= 0.3 is 0 Å². The first-order chi connectivity index (χ1) is 11.2. The molecule has 1 aliphatic carbocycles. The molecule has 0 bridgehead atoms. The SMILES string of the molecule is Cn1nccc1CC(=O)N1CCC[C@H]1Cn1cc(C2CC2)nn1. The van der Waals surface area contributed by atoms with E-state index in [2.05, 4.69) is 21.6 Å². The van der Waals surface area contributed by atoms with Crippen molar-refractivity contribution in [1.29, 1.82) is 0 Å². The lowest BCUT2D eigenvalue weighted by molar-refractivity contribution is -0.131. The van der Waals surface area contributed by atoms with Crippen molar-refractivity contribution in [1.82, 2.24) is 29.7 Å². The largest absolute Gasteiger partial charge is 0.338 e. The lowest BCUT2D eigenvalue weighted by Gasteiger charge is -2.24. The van der Waals surface area contributed by atoms with Crippen LogP contribution in [0.25, 0.3) is 0 Å². The molecule has 0 aromatic carbocycles. The third-order valence-electron chi connectivity index (χ3n) is 4.90. The van der Waals surface area contributed by atoms with Crippen molar-refractivity contribution in [3.05, 3.63) is 29.8 Å². The van der Waals surface area contributed by atoms with E-state index in [4.69, 9.17) is 0 Å². The van der Waals surface area contributed by atoms with Gasteiger partial charge in [0.05, 0.1) is 24.7 Å². The van der Waals surface area contributed by atoms with Gasteiger partial charge in [0, 0.05) is 37.6 Å². The van der Waals surface area contributed by atoms with Crippen molar-refractivity contribution < 1.29 is 4.79 Å². The van der Waals surface area contributed by atoms with E-state index >= 15 is 0 Å². The summed E-state index contributed by atoms with van der Waals surface area (Å²) in [5.41, 5.74) is 2.06. The zero-order valence-electron chi connectivity index (χ0n) is 13.4. The second-order valence-corrected chi connectivity index (χ2v) is 6.65. The van der Waals surface area contributed by atoms with Gasteiger partial charge < -0.3 is 4.90 Å². The van der Waals surface area contributed by atoms with Crippen molar-refractivity contribution in [2.45, 2.75) is 50.6 Å². The molecule has 1 saturated heterocycles. The molecule has 1 aliphatic heterocycles. The highest BCUT2D eigenvalue weighted by Gasteiger charge is 2.31. The maximum atomic E-state index is 12.6. The van der Waals surface area contributed by atoms with E-state index in [1.54, 1.807) is 10.9 Å². The Kier molecular flexibility index (Phi) is 3.63. The van der Waals surface area contributed by atoms with E-state index in [1.807, 2.05) is 22.7 Å². The first-order valence-corrected chi connectivity index (χ1v) is 8.37. The molecule has 2 aromatic heterocycles. The lowest BCUT2D eigenvalue weighted by atomic mass is 10.2. The summed E-state index contributed by atoms with van der Waals surface area (Å²) in [6.07, 6.45) is 8.77. The van der Waals surface area contributed by atoms with Crippen molar-refractivity contribution in [3.8, 4) is 0 Å². The summed E-state index contributed by atoms with van der Waals surface area (Å²) >= 11 is 0. The van der Waals surface area contributed by atoms with Gasteiger partial charge in [-0.05, 0) is 31.7 Å². The van der Waals surface area contributed by atoms with Gasteiger partial charge in [-0.2, -0.15) is 5.10 Å². The second-order valence-electron chi connectivity index (χ2n) is 6.65. The van der Waals surface area contributed by atoms with Gasteiger partial charge in [-0.3, -0.25) is 14.2 Å². The van der Waals surface area contributed by atoms with Crippen LogP contribution in [0.3, 0.4) is 0 Å². The van der Waals surface area contributed by atoms with Crippen LogP contribution in [-0.2, 0) is 24.8 Å². The van der Waals surface area contributed by atoms with Crippen LogP contribution in [-0.4, -0.2) is 48.2 Å². The number of aryl methyl sites for hydroxylation is 1. The van der Waals surface area contributed by atoms with Crippen LogP contribution < -0.4 is 0 Å². The monoisotopic (exact) mass is 314 g/mol. The number of carbonyl (C=O) groups excluding carboxylic acids is 1. The standard InChI is InChI=1S/C16H22N6O/c1-20-13(6-7-17-20)9-16(23)22-8-2-3-14(22)10-21-11-15(18-19-21)12-4-5-12/h6-7,11-12,14H,2-5,8-10H2,1H3/t14-/m0/s1. The van der Waals surface area contributed by atoms with E-state index in [-0.39, 0.29) is 11.9 Å². The number of aromatic nitrogens is 5. The first kappa shape index (κ1) is 14.4. The number of rotatable bonds is 5. The van der Waals surface area contributed by atoms with Crippen LogP contribution >= 0.6 is 0 Å². The summed E-state index contributed by atoms with van der Waals surface area (Å²) in [4.78, 5) is 14.6. The van der Waals surface area contributed by atoms with Crippen LogP contribution in [0.1, 0.15) is 43.0 Å². The van der Waals surface area contributed by atoms with Gasteiger partial charge in [0.15, 0.2) is 0 Å². The molecule has 1 amide bonds. The van der Waals surface area contributed by atoms with Gasteiger partial charge in [-0.15, -0.1) is 5.10 Å². The summed E-state index contributed by atoms with van der Waals surface area (Å²) in [6.45, 7) is 1.59. The zero-order valence-corrected chi connectivity index (χ0v) is 13.4. The predicted octanol–water partition coefficient (Wildman–Crippen LogP) is 1.12. The zero-order chi connectivity index (χ0) is 15.8. The highest BCUT2D eigenvalue weighted by atomic mass is 16.2. The smallest absolute Gasteiger partial charge is 0.228 e. The molecule has 0 N–H and O–H groups in total. The predicted molar refractivity (Wildman–Crippen MR) is 83.6 cm³/mol. The summed E-state index contributed by atoms with van der Waals surface area (Å²) in [5, 5.41) is 12.6. The van der Waals surface area contributed by atoms with E-state index in [9.17, 15) is 4.79 Å². The summed E-state index contributed by atoms with van der Waals surface area (Å²) < 4.78 is 3.68. The van der Waals surface area contributed by atoms with E-state index in [0.29, 0.717) is 12.3 Å². The van der Waals surface area contributed by atoms with Crippen molar-refractivity contribution in [2.24, 2.45) is 7.05 Å². The topological polar surface area (TPSA) is 68.8 Å². The molecule has 2 fully saturated rings. The molecule has 1 saturated carbocycles. The molecule has 7 heteroatoms. The molecule has 7 nitrogen and oxygen atoms in total. The normalized spacial score (nSPS) is 21.1. The van der Waals surface area contributed by atoms with Crippen LogP contribution in [0.5, 0.6) is 0 Å². The molecule has 1 atom stereocenters. The van der Waals surface area contributed by atoms with Crippen LogP contribution in [0.15, 0.2) is 18.5 Å². The maximum absolute atomic E-state index is 12.6. The molecule has 122 valence electrons. The third-order valence-corrected chi connectivity index (χ3v) is 4.90. The lowest BCUT2D eigenvalue weighted by Crippen LogP contribution is -2.39. The van der Waals surface area contributed by atoms with Crippen molar-refractivity contribution in [3.63, 3.8) is 0 Å². The molecule has 0 spiro atoms. The number of carbonyl (C=O) groups is 1. The van der Waals surface area contributed by atoms with Crippen molar-refractivity contribution >= 4 is 5.91 Å². The molecule has 2 aromatic rings. The Morgan fingerprint density at radius 3 is 2.96 bits per heavy atom. The highest BCUT2D eigenvalue weighted by molar-refractivity contribution is 5.79. The number of likely N-dealkylation sites (tertiary alicyclic amines) is 1. The fourth-order valence-corrected chi connectivity index (χ4v) is 3.37. The quantitative estimate of drug-likeness (QED) is 0.829. The van der Waals surface area contributed by atoms with Gasteiger partial charge in [-0.25, -0.2) is 0 Å². The van der Waals surface area contributed by atoms with E-state index in [0.717, 1.165) is 37.3 Å². The average Bonchev–Trinajstić information content (AvgIpc) is 2.93. The minimum Gasteiger partial charge on any atom is -0.338 e. The van der Waals surface area contributed by atoms with Gasteiger partial charge in [0.25, 0.3) is 0 Å². The minimum absolute atomic E-state index is 0.179. The summed E-state index contributed by atoms with van der Waals surface area (Å²) in [6, 6.07) is 2.13. The van der Waals surface area contributed by atoms with Gasteiger partial charge in [0.2, 0.25) is 5.91 Å². The highest BCUT2D eigenvalue weighted by Crippen LogP contribution is 2.38. The molecular weight excluding hydrogens is 292 g/mol. The number of amides is 1. The fraction of sp³-hybridized carbons (Fsp3) is 0.625. The molecule has 3 heterocycles. The Morgan fingerprint density at radius 1 is 1.35 bits per heavy atom. The Balaban J connectivity index is 1.41. The minimum atomic E-state index is 0.179. The Hall–Kier alpha value is -2.18. The van der Waals surface area contributed by atoms with E-state index < -0.39 is 0 Å². The van der Waals surface area contributed by atoms with Crippen LogP contribution in [0.2, 0.25) is 0 Å². The Morgan fingerprint density at radius 2 is 2.22 bits per heavy atom. The van der Waals surface area contributed by atoms with Crippen molar-refractivity contribution in [2.75, 3.05) is 6.54 Å². The molecule has 4 rings (SSSR count). The average molecular weight is 314 g/mol. The van der Waals surface area contributed by atoms with Crippen LogP contribution in [0, 0.1) is 0 Å². The summed E-state index contributed by atoms with van der Waals surface area (Å²) in [7, 11) is 1.87. The van der Waals surface area contributed by atoms with E-state index in [1.165, 1.54) is 12.8 Å². The second kappa shape index (κ2) is 5.79. The molecule has 0 radical (unpaired) electrons.